The fraction of sp³-hybridized carbons (Fsp3) is 0.455. The maximum atomic E-state index is 11.8. The van der Waals surface area contributed by atoms with Crippen LogP contribution in [0.5, 0.6) is 0 Å². The number of hydrogen-bond donors (Lipinski definition) is 1. The number of nitrogen functional groups attached to an aromatic ring is 1. The summed E-state index contributed by atoms with van der Waals surface area (Å²) in [5.41, 5.74) is 6.86. The number of anilines is 1. The maximum absolute atomic E-state index is 11.8. The van der Waals surface area contributed by atoms with E-state index in [1.807, 2.05) is 0 Å². The van der Waals surface area contributed by atoms with Crippen molar-refractivity contribution in [2.24, 2.45) is 0 Å². The molecule has 0 fully saturated rings. The minimum atomic E-state index is -4.13. The maximum Gasteiger partial charge on any atom is 0.389 e. The zero-order valence-corrected chi connectivity index (χ0v) is 9.81. The highest BCUT2D eigenvalue weighted by Gasteiger charge is 2.25. The van der Waals surface area contributed by atoms with Gasteiger partial charge in [0, 0.05) is 29.3 Å². The van der Waals surface area contributed by atoms with Gasteiger partial charge in [0.25, 0.3) is 0 Å². The van der Waals surface area contributed by atoms with Crippen molar-refractivity contribution in [3.05, 3.63) is 28.8 Å². The highest BCUT2D eigenvalue weighted by Crippen LogP contribution is 2.22. The Morgan fingerprint density at radius 1 is 1.29 bits per heavy atom. The van der Waals surface area contributed by atoms with Crippen LogP contribution in [-0.2, 0) is 11.3 Å². The zero-order valence-electron chi connectivity index (χ0n) is 9.06. The molecule has 0 radical (unpaired) electrons. The summed E-state index contributed by atoms with van der Waals surface area (Å²) < 4.78 is 40.6. The number of halogens is 4. The van der Waals surface area contributed by atoms with Crippen LogP contribution in [0.1, 0.15) is 18.4 Å². The smallest absolute Gasteiger partial charge is 0.389 e. The summed E-state index contributed by atoms with van der Waals surface area (Å²) in [6.45, 7) is 0.218. The van der Waals surface area contributed by atoms with Gasteiger partial charge in [-0.15, -0.1) is 0 Å². The molecular weight excluding hydrogens is 255 g/mol. The molecule has 1 aromatic carbocycles. The summed E-state index contributed by atoms with van der Waals surface area (Å²) in [4.78, 5) is 0. The first-order valence-electron chi connectivity index (χ1n) is 5.07. The van der Waals surface area contributed by atoms with Crippen LogP contribution in [0.4, 0.5) is 18.9 Å². The summed E-state index contributed by atoms with van der Waals surface area (Å²) in [6.07, 6.45) is -5.01. The molecule has 2 nitrogen and oxygen atoms in total. The summed E-state index contributed by atoms with van der Waals surface area (Å²) in [5, 5.41) is 0.521. The molecule has 0 aromatic heterocycles. The van der Waals surface area contributed by atoms with Crippen molar-refractivity contribution >= 4 is 17.3 Å². The standard InChI is InChI=1S/C11H13ClF3NO/c12-9-2-3-10(16)8(6-9)7-17-5-1-4-11(13,14)15/h2-3,6H,1,4-5,7,16H2. The SMILES string of the molecule is Nc1ccc(Cl)cc1COCCCC(F)(F)F. The molecule has 0 aliphatic heterocycles. The number of ether oxygens (including phenoxy) is 1. The third-order valence-electron chi connectivity index (χ3n) is 2.11. The van der Waals surface area contributed by atoms with Gasteiger partial charge in [-0.25, -0.2) is 0 Å². The van der Waals surface area contributed by atoms with Crippen LogP contribution in [0.2, 0.25) is 5.02 Å². The van der Waals surface area contributed by atoms with Crippen LogP contribution < -0.4 is 5.73 Å². The van der Waals surface area contributed by atoms with E-state index in [0.717, 1.165) is 0 Å². The molecule has 0 saturated heterocycles. The molecule has 17 heavy (non-hydrogen) atoms. The molecule has 0 aliphatic carbocycles. The minimum Gasteiger partial charge on any atom is -0.398 e. The van der Waals surface area contributed by atoms with E-state index in [4.69, 9.17) is 22.1 Å². The van der Waals surface area contributed by atoms with E-state index in [1.54, 1.807) is 18.2 Å². The van der Waals surface area contributed by atoms with Crippen LogP contribution in [0, 0.1) is 0 Å². The lowest BCUT2D eigenvalue weighted by molar-refractivity contribution is -0.138. The lowest BCUT2D eigenvalue weighted by atomic mass is 10.2. The van der Waals surface area contributed by atoms with Crippen LogP contribution in [0.3, 0.4) is 0 Å². The molecule has 0 unspecified atom stereocenters. The monoisotopic (exact) mass is 267 g/mol. The minimum absolute atomic E-state index is 0.0471. The molecule has 0 saturated carbocycles. The van der Waals surface area contributed by atoms with Gasteiger partial charge in [0.15, 0.2) is 0 Å². The van der Waals surface area contributed by atoms with Gasteiger partial charge in [-0.1, -0.05) is 11.6 Å². The van der Waals surface area contributed by atoms with Crippen LogP contribution in [-0.4, -0.2) is 12.8 Å². The third-order valence-corrected chi connectivity index (χ3v) is 2.35. The average Bonchev–Trinajstić information content (AvgIpc) is 2.21. The quantitative estimate of drug-likeness (QED) is 0.651. The molecule has 6 heteroatoms. The fourth-order valence-corrected chi connectivity index (χ4v) is 1.45. The Morgan fingerprint density at radius 2 is 2.00 bits per heavy atom. The Morgan fingerprint density at radius 3 is 2.65 bits per heavy atom. The van der Waals surface area contributed by atoms with Crippen molar-refractivity contribution in [3.8, 4) is 0 Å². The van der Waals surface area contributed by atoms with Gasteiger partial charge in [0.1, 0.15) is 0 Å². The first-order chi connectivity index (χ1) is 7.88. The van der Waals surface area contributed by atoms with Crippen molar-refractivity contribution in [2.75, 3.05) is 12.3 Å². The molecule has 0 heterocycles. The Labute approximate surface area is 103 Å². The Balaban J connectivity index is 2.29. The fourth-order valence-electron chi connectivity index (χ4n) is 1.26. The van der Waals surface area contributed by atoms with Crippen LogP contribution in [0.15, 0.2) is 18.2 Å². The highest BCUT2D eigenvalue weighted by molar-refractivity contribution is 6.30. The highest BCUT2D eigenvalue weighted by atomic mass is 35.5. The second-order valence-corrected chi connectivity index (χ2v) is 4.05. The number of benzene rings is 1. The predicted molar refractivity (Wildman–Crippen MR) is 60.8 cm³/mol. The molecule has 2 N–H and O–H groups in total. The number of alkyl halides is 3. The molecule has 0 atom stereocenters. The van der Waals surface area contributed by atoms with E-state index in [-0.39, 0.29) is 19.6 Å². The van der Waals surface area contributed by atoms with Gasteiger partial charge < -0.3 is 10.5 Å². The average molecular weight is 268 g/mol. The van der Waals surface area contributed by atoms with Gasteiger partial charge in [-0.3, -0.25) is 0 Å². The third kappa shape index (κ3) is 5.79. The lowest BCUT2D eigenvalue weighted by Crippen LogP contribution is -2.09. The topological polar surface area (TPSA) is 35.2 Å². The van der Waals surface area contributed by atoms with Gasteiger partial charge in [0.2, 0.25) is 0 Å². The van der Waals surface area contributed by atoms with Crippen LogP contribution in [0.25, 0.3) is 0 Å². The van der Waals surface area contributed by atoms with Gasteiger partial charge in [-0.2, -0.15) is 13.2 Å². The summed E-state index contributed by atoms with van der Waals surface area (Å²) in [7, 11) is 0. The van der Waals surface area contributed by atoms with E-state index in [2.05, 4.69) is 0 Å². The van der Waals surface area contributed by atoms with Crippen molar-refractivity contribution in [1.29, 1.82) is 0 Å². The zero-order chi connectivity index (χ0) is 12.9. The van der Waals surface area contributed by atoms with E-state index < -0.39 is 12.6 Å². The Hall–Kier alpha value is -0.940. The van der Waals surface area contributed by atoms with E-state index in [1.165, 1.54) is 0 Å². The number of hydrogen-bond acceptors (Lipinski definition) is 2. The summed E-state index contributed by atoms with van der Waals surface area (Å²) >= 11 is 5.76. The molecule has 0 bridgehead atoms. The molecule has 0 spiro atoms. The Kier molecular flexibility index (Phi) is 5.08. The van der Waals surface area contributed by atoms with E-state index >= 15 is 0 Å². The van der Waals surface area contributed by atoms with E-state index in [9.17, 15) is 13.2 Å². The first kappa shape index (κ1) is 14.1. The Bertz CT molecular complexity index is 368. The van der Waals surface area contributed by atoms with E-state index in [0.29, 0.717) is 16.3 Å². The predicted octanol–water partition coefficient (Wildman–Crippen LogP) is 3.78. The van der Waals surface area contributed by atoms with Crippen molar-refractivity contribution in [3.63, 3.8) is 0 Å². The molecule has 0 aliphatic rings. The summed E-state index contributed by atoms with van der Waals surface area (Å²) in [5.74, 6) is 0. The lowest BCUT2D eigenvalue weighted by Gasteiger charge is -2.08. The number of nitrogens with two attached hydrogens (primary N) is 1. The summed E-state index contributed by atoms with van der Waals surface area (Å²) in [6, 6.07) is 4.92. The van der Waals surface area contributed by atoms with Crippen LogP contribution >= 0.6 is 11.6 Å². The van der Waals surface area contributed by atoms with Gasteiger partial charge in [-0.05, 0) is 24.6 Å². The van der Waals surface area contributed by atoms with Crippen molar-refractivity contribution < 1.29 is 17.9 Å². The molecule has 1 aromatic rings. The molecule has 1 rings (SSSR count). The van der Waals surface area contributed by atoms with Crippen molar-refractivity contribution in [2.45, 2.75) is 25.6 Å². The van der Waals surface area contributed by atoms with Crippen molar-refractivity contribution in [1.82, 2.24) is 0 Å². The molecular formula is C11H13ClF3NO. The van der Waals surface area contributed by atoms with Gasteiger partial charge in [0.05, 0.1) is 6.61 Å². The molecule has 0 amide bonds. The second-order valence-electron chi connectivity index (χ2n) is 3.61. The second kappa shape index (κ2) is 6.12. The normalized spacial score (nSPS) is 11.8. The first-order valence-corrected chi connectivity index (χ1v) is 5.45. The molecule has 96 valence electrons. The number of rotatable bonds is 5. The largest absolute Gasteiger partial charge is 0.398 e. The van der Waals surface area contributed by atoms with Gasteiger partial charge >= 0.3 is 6.18 Å².